The standard InChI is InChI=1S/C20H36N2O3/c1-4-6-7-8-9-10-11-12-13-14-15-18(19(23)25-5-2)22-17-16-21(3)20(22)24/h16-18H,4-15H2,1-3H3. The molecule has 0 bridgehead atoms. The number of carbonyl (C=O) groups excluding carboxylic acids is 1. The fraction of sp³-hybridized carbons (Fsp3) is 0.800. The van der Waals surface area contributed by atoms with Crippen LogP contribution in [-0.4, -0.2) is 21.7 Å². The minimum absolute atomic E-state index is 0.162. The Morgan fingerprint density at radius 3 is 2.00 bits per heavy atom. The molecule has 1 unspecified atom stereocenters. The molecule has 1 heterocycles. The van der Waals surface area contributed by atoms with E-state index in [-0.39, 0.29) is 11.7 Å². The highest BCUT2D eigenvalue weighted by atomic mass is 16.5. The zero-order chi connectivity index (χ0) is 18.5. The Hall–Kier alpha value is -1.52. The summed E-state index contributed by atoms with van der Waals surface area (Å²) in [6.45, 7) is 4.38. The van der Waals surface area contributed by atoms with E-state index in [0.29, 0.717) is 13.0 Å². The summed E-state index contributed by atoms with van der Waals surface area (Å²) in [6.07, 6.45) is 16.6. The maximum absolute atomic E-state index is 12.2. The molecule has 0 spiro atoms. The number of rotatable bonds is 14. The van der Waals surface area contributed by atoms with Gasteiger partial charge in [0.05, 0.1) is 6.61 Å². The first-order valence-corrected chi connectivity index (χ1v) is 10.0. The quantitative estimate of drug-likeness (QED) is 0.363. The lowest BCUT2D eigenvalue weighted by Gasteiger charge is -2.16. The van der Waals surface area contributed by atoms with Crippen LogP contribution in [0.25, 0.3) is 0 Å². The zero-order valence-electron chi connectivity index (χ0n) is 16.3. The minimum Gasteiger partial charge on any atom is -0.464 e. The predicted molar refractivity (Wildman–Crippen MR) is 102 cm³/mol. The third-order valence-corrected chi connectivity index (χ3v) is 4.70. The molecule has 5 nitrogen and oxygen atoms in total. The molecule has 1 aromatic rings. The van der Waals surface area contributed by atoms with Gasteiger partial charge in [-0.3, -0.25) is 4.57 Å². The van der Waals surface area contributed by atoms with Gasteiger partial charge in [0.25, 0.3) is 0 Å². The maximum atomic E-state index is 12.2. The summed E-state index contributed by atoms with van der Waals surface area (Å²) in [5.41, 5.74) is -0.162. The van der Waals surface area contributed by atoms with Gasteiger partial charge >= 0.3 is 11.7 Å². The highest BCUT2D eigenvalue weighted by Crippen LogP contribution is 2.18. The number of aryl methyl sites for hydroxylation is 1. The topological polar surface area (TPSA) is 53.2 Å². The van der Waals surface area contributed by atoms with Gasteiger partial charge in [0.1, 0.15) is 6.04 Å². The fourth-order valence-corrected chi connectivity index (χ4v) is 3.15. The Morgan fingerprint density at radius 1 is 0.960 bits per heavy atom. The Kier molecular flexibility index (Phi) is 11.0. The first kappa shape index (κ1) is 21.5. The molecule has 0 aliphatic rings. The molecular formula is C20H36N2O3. The van der Waals surface area contributed by atoms with Gasteiger partial charge in [-0.2, -0.15) is 0 Å². The van der Waals surface area contributed by atoms with Crippen LogP contribution in [0.2, 0.25) is 0 Å². The van der Waals surface area contributed by atoms with Crippen LogP contribution >= 0.6 is 0 Å². The molecule has 1 aromatic heterocycles. The lowest BCUT2D eigenvalue weighted by Crippen LogP contribution is -2.31. The van der Waals surface area contributed by atoms with Crippen molar-refractivity contribution in [2.75, 3.05) is 6.61 Å². The highest BCUT2D eigenvalue weighted by Gasteiger charge is 2.23. The number of unbranched alkanes of at least 4 members (excludes halogenated alkanes) is 9. The number of carbonyl (C=O) groups is 1. The van der Waals surface area contributed by atoms with Gasteiger partial charge in [0, 0.05) is 19.4 Å². The zero-order valence-corrected chi connectivity index (χ0v) is 16.3. The van der Waals surface area contributed by atoms with Crippen molar-refractivity contribution in [2.24, 2.45) is 7.05 Å². The van der Waals surface area contributed by atoms with Crippen LogP contribution in [0.5, 0.6) is 0 Å². The van der Waals surface area contributed by atoms with E-state index < -0.39 is 6.04 Å². The van der Waals surface area contributed by atoms with Crippen LogP contribution in [0.15, 0.2) is 17.2 Å². The second-order valence-electron chi connectivity index (χ2n) is 6.84. The van der Waals surface area contributed by atoms with Crippen molar-refractivity contribution < 1.29 is 9.53 Å². The van der Waals surface area contributed by atoms with Gasteiger partial charge in [-0.15, -0.1) is 0 Å². The van der Waals surface area contributed by atoms with E-state index in [1.807, 2.05) is 0 Å². The summed E-state index contributed by atoms with van der Waals surface area (Å²) < 4.78 is 8.15. The Labute approximate surface area is 152 Å². The van der Waals surface area contributed by atoms with E-state index >= 15 is 0 Å². The number of esters is 1. The molecule has 0 amide bonds. The van der Waals surface area contributed by atoms with Crippen LogP contribution in [0.4, 0.5) is 0 Å². The molecule has 1 atom stereocenters. The smallest absolute Gasteiger partial charge is 0.329 e. The minimum atomic E-state index is -0.498. The van der Waals surface area contributed by atoms with Gasteiger partial charge < -0.3 is 9.30 Å². The van der Waals surface area contributed by atoms with Crippen molar-refractivity contribution in [3.63, 3.8) is 0 Å². The second-order valence-corrected chi connectivity index (χ2v) is 6.84. The summed E-state index contributed by atoms with van der Waals surface area (Å²) in [5.74, 6) is -0.299. The molecule has 0 saturated heterocycles. The van der Waals surface area contributed by atoms with Gasteiger partial charge in [-0.1, -0.05) is 71.1 Å². The Morgan fingerprint density at radius 2 is 1.52 bits per heavy atom. The van der Waals surface area contributed by atoms with Crippen molar-refractivity contribution in [1.29, 1.82) is 0 Å². The van der Waals surface area contributed by atoms with Crippen LogP contribution in [0.3, 0.4) is 0 Å². The molecule has 0 fully saturated rings. The third kappa shape index (κ3) is 7.93. The molecule has 5 heteroatoms. The monoisotopic (exact) mass is 352 g/mol. The van der Waals surface area contributed by atoms with E-state index in [4.69, 9.17) is 4.74 Å². The molecule has 0 saturated carbocycles. The van der Waals surface area contributed by atoms with Crippen LogP contribution in [0.1, 0.15) is 90.5 Å². The summed E-state index contributed by atoms with van der Waals surface area (Å²) in [7, 11) is 1.70. The van der Waals surface area contributed by atoms with Gasteiger partial charge in [0.2, 0.25) is 0 Å². The van der Waals surface area contributed by atoms with E-state index in [1.165, 1.54) is 60.5 Å². The lowest BCUT2D eigenvalue weighted by molar-refractivity contribution is -0.147. The van der Waals surface area contributed by atoms with Gasteiger partial charge in [0.15, 0.2) is 0 Å². The van der Waals surface area contributed by atoms with Gasteiger partial charge in [-0.05, 0) is 13.3 Å². The summed E-state index contributed by atoms with van der Waals surface area (Å²) in [5, 5.41) is 0. The first-order valence-electron chi connectivity index (χ1n) is 10.0. The second kappa shape index (κ2) is 12.8. The summed E-state index contributed by atoms with van der Waals surface area (Å²) in [4.78, 5) is 24.3. The Bertz CT molecular complexity index is 533. The van der Waals surface area contributed by atoms with Crippen molar-refractivity contribution in [3.8, 4) is 0 Å². The molecule has 0 N–H and O–H groups in total. The van der Waals surface area contributed by atoms with E-state index in [9.17, 15) is 9.59 Å². The van der Waals surface area contributed by atoms with E-state index in [0.717, 1.165) is 12.8 Å². The fourth-order valence-electron chi connectivity index (χ4n) is 3.15. The van der Waals surface area contributed by atoms with Crippen LogP contribution in [0, 0.1) is 0 Å². The van der Waals surface area contributed by atoms with Crippen molar-refractivity contribution in [3.05, 3.63) is 22.9 Å². The molecule has 25 heavy (non-hydrogen) atoms. The molecule has 0 radical (unpaired) electrons. The molecular weight excluding hydrogens is 316 g/mol. The number of imidazole rings is 1. The van der Waals surface area contributed by atoms with E-state index in [1.54, 1.807) is 26.4 Å². The molecule has 0 aliphatic carbocycles. The van der Waals surface area contributed by atoms with Crippen molar-refractivity contribution >= 4 is 5.97 Å². The summed E-state index contributed by atoms with van der Waals surface area (Å²) in [6, 6.07) is -0.498. The Balaban J connectivity index is 2.31. The maximum Gasteiger partial charge on any atom is 0.329 e. The molecule has 0 aliphatic heterocycles. The average molecular weight is 353 g/mol. The van der Waals surface area contributed by atoms with Crippen molar-refractivity contribution in [2.45, 2.75) is 90.5 Å². The highest BCUT2D eigenvalue weighted by molar-refractivity contribution is 5.74. The number of ether oxygens (including phenoxy) is 1. The third-order valence-electron chi connectivity index (χ3n) is 4.70. The van der Waals surface area contributed by atoms with E-state index in [2.05, 4.69) is 6.92 Å². The predicted octanol–water partition coefficient (Wildman–Crippen LogP) is 4.60. The number of hydrogen-bond donors (Lipinski definition) is 0. The molecule has 0 aromatic carbocycles. The SMILES string of the molecule is CCCCCCCCCCCCC(C(=O)OCC)n1ccn(C)c1=O. The normalized spacial score (nSPS) is 12.3. The number of nitrogens with zero attached hydrogens (tertiary/aromatic N) is 2. The number of hydrogen-bond acceptors (Lipinski definition) is 3. The lowest BCUT2D eigenvalue weighted by atomic mass is 10.0. The summed E-state index contributed by atoms with van der Waals surface area (Å²) >= 11 is 0. The van der Waals surface area contributed by atoms with Gasteiger partial charge in [-0.25, -0.2) is 9.59 Å². The van der Waals surface area contributed by atoms with Crippen LogP contribution < -0.4 is 5.69 Å². The first-order chi connectivity index (χ1) is 12.1. The average Bonchev–Trinajstić information content (AvgIpc) is 2.92. The molecule has 144 valence electrons. The van der Waals surface area contributed by atoms with Crippen molar-refractivity contribution in [1.82, 2.24) is 9.13 Å². The molecule has 1 rings (SSSR count). The van der Waals surface area contributed by atoms with Crippen LogP contribution in [-0.2, 0) is 16.6 Å². The largest absolute Gasteiger partial charge is 0.464 e. The number of aromatic nitrogens is 2.